The van der Waals surface area contributed by atoms with Crippen molar-refractivity contribution in [3.63, 3.8) is 0 Å². The molecule has 2 atom stereocenters. The van der Waals surface area contributed by atoms with E-state index in [0.29, 0.717) is 11.2 Å². The van der Waals surface area contributed by atoms with Crippen LogP contribution in [0.1, 0.15) is 93.9 Å². The molecule has 1 aliphatic heterocycles. The lowest BCUT2D eigenvalue weighted by atomic mass is 9.93. The molecule has 0 N–H and O–H groups in total. The van der Waals surface area contributed by atoms with Gasteiger partial charge in [-0.15, -0.1) is 34.4 Å². The van der Waals surface area contributed by atoms with E-state index in [1.807, 2.05) is 83.3 Å². The molecule has 6 aromatic rings. The second-order valence-electron chi connectivity index (χ2n) is 13.4. The van der Waals surface area contributed by atoms with Crippen molar-refractivity contribution in [2.24, 2.45) is 0 Å². The first-order chi connectivity index (χ1) is 23.7. The smallest absolute Gasteiger partial charge is 0.119 e. The van der Waals surface area contributed by atoms with E-state index in [1.54, 1.807) is 5.56 Å². The first-order valence-corrected chi connectivity index (χ1v) is 20.7. The second-order valence-corrected chi connectivity index (χ2v) is 17.0. The summed E-state index contributed by atoms with van der Waals surface area (Å²) in [6.45, 7) is 4.11. The van der Waals surface area contributed by atoms with Crippen LogP contribution in [-0.4, -0.2) is 18.5 Å². The molecule has 5 heteroatoms. The summed E-state index contributed by atoms with van der Waals surface area (Å²) in [5.74, 6) is 2.59. The first-order valence-electron chi connectivity index (χ1n) is 18.2. The number of thiophene rings is 2. The van der Waals surface area contributed by atoms with E-state index in [1.165, 1.54) is 104 Å². The molecule has 2 unspecified atom stereocenters. The number of para-hydroxylation sites is 2. The van der Waals surface area contributed by atoms with Crippen LogP contribution in [0.4, 0.5) is 0 Å². The minimum absolute atomic E-state index is 0.622. The predicted octanol–water partition coefficient (Wildman–Crippen LogP) is 13.8. The highest BCUT2D eigenvalue weighted by molar-refractivity contribution is 8.00. The molecule has 0 saturated heterocycles. The van der Waals surface area contributed by atoms with Gasteiger partial charge in [0.15, 0.2) is 0 Å². The van der Waals surface area contributed by atoms with Gasteiger partial charge in [-0.3, -0.25) is 0 Å². The first kappa shape index (κ1) is 33.5. The third-order valence-corrected chi connectivity index (χ3v) is 13.7. The SMILES string of the molecule is CC1c2cc3c(cc2SC1CCCCCCCOc1ccccc1)sc1cc2sc(CCCCCCCOc4ccccc4)cc2cc13. The lowest BCUT2D eigenvalue weighted by Crippen LogP contribution is -2.06. The van der Waals surface area contributed by atoms with Crippen molar-refractivity contribution in [3.8, 4) is 11.5 Å². The third-order valence-electron chi connectivity index (χ3n) is 9.84. The lowest BCUT2D eigenvalue weighted by Gasteiger charge is -2.14. The number of fused-ring (bicyclic) bond motifs is 5. The molecule has 0 bridgehead atoms. The summed E-state index contributed by atoms with van der Waals surface area (Å²) in [6.07, 6.45) is 15.1. The molecule has 4 aromatic carbocycles. The van der Waals surface area contributed by atoms with Crippen molar-refractivity contribution in [2.75, 3.05) is 13.2 Å². The van der Waals surface area contributed by atoms with Crippen molar-refractivity contribution in [1.29, 1.82) is 0 Å². The van der Waals surface area contributed by atoms with Gasteiger partial charge < -0.3 is 9.47 Å². The van der Waals surface area contributed by atoms with Crippen molar-refractivity contribution >= 4 is 64.7 Å². The number of hydrogen-bond acceptors (Lipinski definition) is 5. The predicted molar refractivity (Wildman–Crippen MR) is 211 cm³/mol. The molecule has 48 heavy (non-hydrogen) atoms. The Morgan fingerprint density at radius 1 is 0.562 bits per heavy atom. The fraction of sp³-hybridized carbons (Fsp3) is 0.395. The second kappa shape index (κ2) is 16.6. The molecule has 7 rings (SSSR count). The van der Waals surface area contributed by atoms with Gasteiger partial charge in [0.05, 0.1) is 13.2 Å². The summed E-state index contributed by atoms with van der Waals surface area (Å²) in [4.78, 5) is 3.06. The lowest BCUT2D eigenvalue weighted by molar-refractivity contribution is 0.304. The molecule has 0 saturated carbocycles. The van der Waals surface area contributed by atoms with Crippen molar-refractivity contribution in [3.05, 3.63) is 101 Å². The average Bonchev–Trinajstić information content (AvgIpc) is 3.77. The molecular formula is C43H48O2S3. The molecule has 0 aliphatic carbocycles. The summed E-state index contributed by atoms with van der Waals surface area (Å²) >= 11 is 6.13. The summed E-state index contributed by atoms with van der Waals surface area (Å²) in [5, 5.41) is 5.04. The molecule has 2 nitrogen and oxygen atoms in total. The van der Waals surface area contributed by atoms with Crippen LogP contribution in [0, 0.1) is 0 Å². The van der Waals surface area contributed by atoms with E-state index >= 15 is 0 Å². The number of unbranched alkanes of at least 4 members (excludes halogenated alkanes) is 8. The Hall–Kier alpha value is -2.99. The van der Waals surface area contributed by atoms with Crippen molar-refractivity contribution in [1.82, 2.24) is 0 Å². The van der Waals surface area contributed by atoms with Crippen LogP contribution in [0.3, 0.4) is 0 Å². The molecular weight excluding hydrogens is 645 g/mol. The fourth-order valence-corrected chi connectivity index (χ4v) is 11.0. The van der Waals surface area contributed by atoms with Crippen LogP contribution in [0.2, 0.25) is 0 Å². The maximum Gasteiger partial charge on any atom is 0.119 e. The monoisotopic (exact) mass is 692 g/mol. The molecule has 0 radical (unpaired) electrons. The Morgan fingerprint density at radius 3 is 1.88 bits per heavy atom. The van der Waals surface area contributed by atoms with E-state index in [0.717, 1.165) is 37.6 Å². The quantitative estimate of drug-likeness (QED) is 0.0836. The maximum absolute atomic E-state index is 5.85. The van der Waals surface area contributed by atoms with E-state index < -0.39 is 0 Å². The summed E-state index contributed by atoms with van der Waals surface area (Å²) < 4.78 is 16.0. The number of benzene rings is 4. The highest BCUT2D eigenvalue weighted by Gasteiger charge is 2.30. The van der Waals surface area contributed by atoms with E-state index in [9.17, 15) is 0 Å². The van der Waals surface area contributed by atoms with Gasteiger partial charge in [-0.05, 0) is 104 Å². The van der Waals surface area contributed by atoms with Gasteiger partial charge in [-0.1, -0.05) is 88.3 Å². The number of ether oxygens (including phenoxy) is 2. The Balaban J connectivity index is 0.866. The van der Waals surface area contributed by atoms with Gasteiger partial charge in [0, 0.05) is 39.9 Å². The van der Waals surface area contributed by atoms with Crippen molar-refractivity contribution in [2.45, 2.75) is 100 Å². The molecule has 0 amide bonds. The Kier molecular flexibility index (Phi) is 11.6. The highest BCUT2D eigenvalue weighted by atomic mass is 32.2. The van der Waals surface area contributed by atoms with Gasteiger partial charge in [-0.2, -0.15) is 0 Å². The minimum Gasteiger partial charge on any atom is -0.494 e. The van der Waals surface area contributed by atoms with Gasteiger partial charge >= 0.3 is 0 Å². The highest BCUT2D eigenvalue weighted by Crippen LogP contribution is 2.51. The van der Waals surface area contributed by atoms with E-state index in [2.05, 4.69) is 49.0 Å². The molecule has 0 spiro atoms. The summed E-state index contributed by atoms with van der Waals surface area (Å²) in [7, 11) is 0. The third kappa shape index (κ3) is 8.41. The average molecular weight is 693 g/mol. The normalized spacial score (nSPS) is 15.9. The van der Waals surface area contributed by atoms with Crippen LogP contribution in [0.5, 0.6) is 11.5 Å². The van der Waals surface area contributed by atoms with Gasteiger partial charge in [0.2, 0.25) is 0 Å². The minimum atomic E-state index is 0.622. The van der Waals surface area contributed by atoms with Crippen molar-refractivity contribution < 1.29 is 9.47 Å². The zero-order valence-electron chi connectivity index (χ0n) is 28.3. The maximum atomic E-state index is 5.85. The van der Waals surface area contributed by atoms with Gasteiger partial charge in [-0.25, -0.2) is 0 Å². The van der Waals surface area contributed by atoms with Crippen LogP contribution in [-0.2, 0) is 6.42 Å². The largest absolute Gasteiger partial charge is 0.494 e. The van der Waals surface area contributed by atoms with Gasteiger partial charge in [0.25, 0.3) is 0 Å². The Labute approximate surface area is 298 Å². The number of rotatable bonds is 18. The van der Waals surface area contributed by atoms with Crippen LogP contribution >= 0.6 is 34.4 Å². The molecule has 3 heterocycles. The number of aryl methyl sites for hydroxylation is 1. The molecule has 1 aliphatic rings. The molecule has 0 fully saturated rings. The van der Waals surface area contributed by atoms with Crippen LogP contribution in [0.15, 0.2) is 95.9 Å². The van der Waals surface area contributed by atoms with Crippen LogP contribution < -0.4 is 9.47 Å². The summed E-state index contributed by atoms with van der Waals surface area (Å²) in [5.41, 5.74) is 1.58. The topological polar surface area (TPSA) is 18.5 Å². The van der Waals surface area contributed by atoms with E-state index in [4.69, 9.17) is 9.47 Å². The number of thioether (sulfide) groups is 1. The number of hydrogen-bond donors (Lipinski definition) is 0. The molecule has 250 valence electrons. The Bertz CT molecular complexity index is 1890. The van der Waals surface area contributed by atoms with Crippen LogP contribution in [0.25, 0.3) is 30.3 Å². The molecule has 2 aromatic heterocycles. The zero-order chi connectivity index (χ0) is 32.5. The zero-order valence-corrected chi connectivity index (χ0v) is 30.7. The van der Waals surface area contributed by atoms with Gasteiger partial charge in [0.1, 0.15) is 11.5 Å². The summed E-state index contributed by atoms with van der Waals surface area (Å²) in [6, 6.07) is 32.8. The van der Waals surface area contributed by atoms with E-state index in [-0.39, 0.29) is 0 Å². The Morgan fingerprint density at radius 2 is 1.17 bits per heavy atom. The standard InChI is InChI=1S/C43H48O2S3/c1-31-36-28-38-37-27-32-26-35(22-14-4-2-6-16-24-44-33-18-10-8-11-19-33)46-40(32)29-42(37)48-43(38)30-41(36)47-39(31)23-15-5-3-7-17-25-45-34-20-12-9-13-21-34/h8-13,18-21,26-31,39H,2-7,14-17,22-25H2,1H3. The fourth-order valence-electron chi connectivity index (χ4n) is 7.09.